The van der Waals surface area contributed by atoms with Gasteiger partial charge in [-0.1, -0.05) is 25.0 Å². The second-order valence-electron chi connectivity index (χ2n) is 4.72. The van der Waals surface area contributed by atoms with E-state index in [2.05, 4.69) is 4.72 Å². The molecule has 2 N–H and O–H groups in total. The highest BCUT2D eigenvalue weighted by molar-refractivity contribution is 7.89. The molecular weight excluding hydrogens is 250 g/mol. The van der Waals surface area contributed by atoms with Gasteiger partial charge in [-0.15, -0.1) is 0 Å². The Morgan fingerprint density at radius 1 is 1.17 bits per heavy atom. The van der Waals surface area contributed by atoms with Crippen LogP contribution in [-0.4, -0.2) is 26.2 Å². The first-order chi connectivity index (χ1) is 8.62. The van der Waals surface area contributed by atoms with Crippen molar-refractivity contribution >= 4 is 10.0 Å². The predicted molar refractivity (Wildman–Crippen MR) is 69.8 cm³/mol. The molecule has 1 aliphatic rings. The number of sulfonamides is 1. The first-order valence-electron chi connectivity index (χ1n) is 6.34. The standard InChI is InChI=1S/C13H19NO3S/c15-10-9-11-5-7-13(8-6-11)18(16,17)14-12-3-1-2-4-12/h5-8,12,14-15H,1-4,9-10H2. The summed E-state index contributed by atoms with van der Waals surface area (Å²) in [6.45, 7) is 0.0758. The number of benzene rings is 1. The van der Waals surface area contributed by atoms with Crippen LogP contribution in [0.2, 0.25) is 0 Å². The highest BCUT2D eigenvalue weighted by atomic mass is 32.2. The van der Waals surface area contributed by atoms with Gasteiger partial charge in [0.15, 0.2) is 0 Å². The number of aliphatic hydroxyl groups is 1. The van der Waals surface area contributed by atoms with Crippen molar-refractivity contribution in [2.45, 2.75) is 43.0 Å². The fourth-order valence-corrected chi connectivity index (χ4v) is 3.60. The third-order valence-corrected chi connectivity index (χ3v) is 4.85. The van der Waals surface area contributed by atoms with Crippen LogP contribution in [0.4, 0.5) is 0 Å². The van der Waals surface area contributed by atoms with Crippen molar-refractivity contribution in [3.63, 3.8) is 0 Å². The zero-order chi connectivity index (χ0) is 13.0. The molecular formula is C13H19NO3S. The minimum Gasteiger partial charge on any atom is -0.396 e. The van der Waals surface area contributed by atoms with Gasteiger partial charge in [-0.05, 0) is 37.0 Å². The molecule has 1 saturated carbocycles. The molecule has 0 heterocycles. The third-order valence-electron chi connectivity index (χ3n) is 3.31. The van der Waals surface area contributed by atoms with Gasteiger partial charge in [-0.25, -0.2) is 13.1 Å². The average molecular weight is 269 g/mol. The molecule has 2 rings (SSSR count). The smallest absolute Gasteiger partial charge is 0.240 e. The van der Waals surface area contributed by atoms with Crippen molar-refractivity contribution in [2.24, 2.45) is 0 Å². The molecule has 0 unspecified atom stereocenters. The summed E-state index contributed by atoms with van der Waals surface area (Å²) in [4.78, 5) is 0.302. The van der Waals surface area contributed by atoms with Crippen LogP contribution in [-0.2, 0) is 16.4 Å². The zero-order valence-corrected chi connectivity index (χ0v) is 11.1. The maximum atomic E-state index is 12.1. The van der Waals surface area contributed by atoms with Gasteiger partial charge in [0.25, 0.3) is 0 Å². The van der Waals surface area contributed by atoms with Crippen LogP contribution in [0.1, 0.15) is 31.2 Å². The van der Waals surface area contributed by atoms with Gasteiger partial charge in [-0.2, -0.15) is 0 Å². The largest absolute Gasteiger partial charge is 0.396 e. The maximum Gasteiger partial charge on any atom is 0.240 e. The molecule has 0 aromatic heterocycles. The second-order valence-corrected chi connectivity index (χ2v) is 6.43. The van der Waals surface area contributed by atoms with E-state index in [0.29, 0.717) is 11.3 Å². The molecule has 0 radical (unpaired) electrons. The second kappa shape index (κ2) is 5.82. The quantitative estimate of drug-likeness (QED) is 0.850. The average Bonchev–Trinajstić information content (AvgIpc) is 2.82. The van der Waals surface area contributed by atoms with Crippen molar-refractivity contribution in [3.8, 4) is 0 Å². The van der Waals surface area contributed by atoms with Crippen molar-refractivity contribution in [1.29, 1.82) is 0 Å². The lowest BCUT2D eigenvalue weighted by Crippen LogP contribution is -2.32. The molecule has 0 bridgehead atoms. The molecule has 0 amide bonds. The van der Waals surface area contributed by atoms with E-state index in [1.165, 1.54) is 0 Å². The van der Waals surface area contributed by atoms with Crippen LogP contribution in [0.5, 0.6) is 0 Å². The molecule has 5 heteroatoms. The Hall–Kier alpha value is -0.910. The number of aliphatic hydroxyl groups excluding tert-OH is 1. The van der Waals surface area contributed by atoms with Gasteiger partial charge in [0.1, 0.15) is 0 Å². The normalized spacial score (nSPS) is 17.2. The zero-order valence-electron chi connectivity index (χ0n) is 10.3. The fourth-order valence-electron chi connectivity index (χ4n) is 2.30. The van der Waals surface area contributed by atoms with Crippen molar-refractivity contribution < 1.29 is 13.5 Å². The van der Waals surface area contributed by atoms with Crippen molar-refractivity contribution in [2.75, 3.05) is 6.61 Å². The molecule has 4 nitrogen and oxygen atoms in total. The number of nitrogens with one attached hydrogen (secondary N) is 1. The van der Waals surface area contributed by atoms with Crippen molar-refractivity contribution in [1.82, 2.24) is 4.72 Å². The van der Waals surface area contributed by atoms with Crippen LogP contribution < -0.4 is 4.72 Å². The summed E-state index contributed by atoms with van der Waals surface area (Å²) in [6, 6.07) is 6.79. The van der Waals surface area contributed by atoms with E-state index in [9.17, 15) is 8.42 Å². The van der Waals surface area contributed by atoms with Crippen molar-refractivity contribution in [3.05, 3.63) is 29.8 Å². The maximum absolute atomic E-state index is 12.1. The first-order valence-corrected chi connectivity index (χ1v) is 7.82. The van der Waals surface area contributed by atoms with Gasteiger partial charge < -0.3 is 5.11 Å². The third kappa shape index (κ3) is 3.31. The Kier molecular flexibility index (Phi) is 4.37. The summed E-state index contributed by atoms with van der Waals surface area (Å²) >= 11 is 0. The van der Waals surface area contributed by atoms with Crippen LogP contribution in [0.15, 0.2) is 29.2 Å². The van der Waals surface area contributed by atoms with E-state index in [1.54, 1.807) is 24.3 Å². The van der Waals surface area contributed by atoms with Gasteiger partial charge in [0.05, 0.1) is 4.90 Å². The number of rotatable bonds is 5. The molecule has 0 spiro atoms. The lowest BCUT2D eigenvalue weighted by atomic mass is 10.2. The number of hydrogen-bond acceptors (Lipinski definition) is 3. The molecule has 1 fully saturated rings. The van der Waals surface area contributed by atoms with E-state index in [1.807, 2.05) is 0 Å². The minimum absolute atomic E-state index is 0.0758. The molecule has 1 aromatic rings. The predicted octanol–water partition coefficient (Wildman–Crippen LogP) is 1.44. The van der Waals surface area contributed by atoms with E-state index >= 15 is 0 Å². The van der Waals surface area contributed by atoms with Gasteiger partial charge in [0.2, 0.25) is 10.0 Å². The van der Waals surface area contributed by atoms with Gasteiger partial charge in [-0.3, -0.25) is 0 Å². The van der Waals surface area contributed by atoms with Crippen LogP contribution in [0.25, 0.3) is 0 Å². The molecule has 0 aliphatic heterocycles. The Balaban J connectivity index is 2.08. The summed E-state index contributed by atoms with van der Waals surface area (Å²) in [7, 11) is -3.39. The number of hydrogen-bond donors (Lipinski definition) is 2. The van der Waals surface area contributed by atoms with Crippen LogP contribution in [0, 0.1) is 0 Å². The van der Waals surface area contributed by atoms with E-state index in [-0.39, 0.29) is 12.6 Å². The summed E-state index contributed by atoms with van der Waals surface area (Å²) in [6.07, 6.45) is 4.62. The van der Waals surface area contributed by atoms with Crippen LogP contribution in [0.3, 0.4) is 0 Å². The van der Waals surface area contributed by atoms with E-state index in [4.69, 9.17) is 5.11 Å². The minimum atomic E-state index is -3.39. The highest BCUT2D eigenvalue weighted by Crippen LogP contribution is 2.20. The van der Waals surface area contributed by atoms with Gasteiger partial charge in [0, 0.05) is 12.6 Å². The van der Waals surface area contributed by atoms with Gasteiger partial charge >= 0.3 is 0 Å². The Bertz CT molecular complexity index is 475. The Labute approximate surface area is 108 Å². The summed E-state index contributed by atoms with van der Waals surface area (Å²) in [5.41, 5.74) is 0.942. The lowest BCUT2D eigenvalue weighted by Gasteiger charge is -2.12. The molecule has 1 aliphatic carbocycles. The summed E-state index contributed by atoms with van der Waals surface area (Å²) < 4.78 is 26.9. The monoisotopic (exact) mass is 269 g/mol. The molecule has 18 heavy (non-hydrogen) atoms. The Morgan fingerprint density at radius 3 is 2.33 bits per heavy atom. The molecule has 1 aromatic carbocycles. The highest BCUT2D eigenvalue weighted by Gasteiger charge is 2.22. The fraction of sp³-hybridized carbons (Fsp3) is 0.538. The summed E-state index contributed by atoms with van der Waals surface area (Å²) in [5, 5.41) is 8.81. The topological polar surface area (TPSA) is 66.4 Å². The Morgan fingerprint density at radius 2 is 1.78 bits per heavy atom. The first kappa shape index (κ1) is 13.5. The lowest BCUT2D eigenvalue weighted by molar-refractivity contribution is 0.299. The SMILES string of the molecule is O=S(=O)(NC1CCCC1)c1ccc(CCO)cc1. The van der Waals surface area contributed by atoms with E-state index < -0.39 is 10.0 Å². The van der Waals surface area contributed by atoms with Crippen LogP contribution >= 0.6 is 0 Å². The van der Waals surface area contributed by atoms with E-state index in [0.717, 1.165) is 31.2 Å². The molecule has 0 atom stereocenters. The molecule has 100 valence electrons. The summed E-state index contributed by atoms with van der Waals surface area (Å²) in [5.74, 6) is 0. The molecule has 0 saturated heterocycles.